The lowest BCUT2D eigenvalue weighted by molar-refractivity contribution is 0.0597. The number of phenols is 1. The van der Waals surface area contributed by atoms with Crippen LogP contribution in [-0.2, 0) is 4.74 Å². The molecule has 3 aromatic rings. The summed E-state index contributed by atoms with van der Waals surface area (Å²) in [6.45, 7) is 0. The molecule has 0 amide bonds. The minimum atomic E-state index is -0.673. The molecule has 0 saturated heterocycles. The van der Waals surface area contributed by atoms with Crippen LogP contribution in [0.1, 0.15) is 15.9 Å². The number of carbonyl (C=O) groups excluding carboxylic acids is 1. The number of anilines is 1. The Kier molecular flexibility index (Phi) is 4.54. The van der Waals surface area contributed by atoms with Gasteiger partial charge in [0.15, 0.2) is 0 Å². The first-order valence-corrected chi connectivity index (χ1v) is 7.73. The number of nitriles is 1. The molecule has 0 aliphatic heterocycles. The molecule has 6 heteroatoms. The zero-order chi connectivity index (χ0) is 18.7. The highest BCUT2D eigenvalue weighted by Gasteiger charge is 2.17. The summed E-state index contributed by atoms with van der Waals surface area (Å²) in [6.07, 6.45) is 0. The number of benzene rings is 2. The standard InChI is InChI=1S/C20H15N3O3/c1-26-20(25)15-9-13(7-8-18(15)24)14-10-17(12-5-3-2-4-6-12)23-19(22)16(14)11-21/h2-10,24H,1H3,(H2,22,23). The van der Waals surface area contributed by atoms with Crippen molar-refractivity contribution in [3.8, 4) is 34.2 Å². The molecule has 2 aromatic carbocycles. The zero-order valence-electron chi connectivity index (χ0n) is 13.9. The largest absolute Gasteiger partial charge is 0.507 e. The van der Waals surface area contributed by atoms with Crippen LogP contribution in [0.25, 0.3) is 22.4 Å². The van der Waals surface area contributed by atoms with Gasteiger partial charge in [0.1, 0.15) is 28.8 Å². The van der Waals surface area contributed by atoms with E-state index < -0.39 is 5.97 Å². The van der Waals surface area contributed by atoms with Crippen LogP contribution < -0.4 is 5.73 Å². The predicted molar refractivity (Wildman–Crippen MR) is 97.2 cm³/mol. The average molecular weight is 345 g/mol. The van der Waals surface area contributed by atoms with Crippen molar-refractivity contribution in [1.29, 1.82) is 5.26 Å². The van der Waals surface area contributed by atoms with Gasteiger partial charge in [-0.15, -0.1) is 0 Å². The van der Waals surface area contributed by atoms with E-state index >= 15 is 0 Å². The van der Waals surface area contributed by atoms with Gasteiger partial charge in [0, 0.05) is 11.1 Å². The van der Waals surface area contributed by atoms with Gasteiger partial charge in [0.05, 0.1) is 12.8 Å². The summed E-state index contributed by atoms with van der Waals surface area (Å²) in [5.41, 5.74) is 8.70. The molecular weight excluding hydrogens is 330 g/mol. The molecule has 0 aliphatic rings. The molecule has 6 nitrogen and oxygen atoms in total. The molecule has 0 spiro atoms. The van der Waals surface area contributed by atoms with Crippen LogP contribution in [0.5, 0.6) is 5.75 Å². The van der Waals surface area contributed by atoms with Gasteiger partial charge < -0.3 is 15.6 Å². The normalized spacial score (nSPS) is 10.2. The van der Waals surface area contributed by atoms with E-state index in [9.17, 15) is 15.2 Å². The Bertz CT molecular complexity index is 1020. The van der Waals surface area contributed by atoms with Crippen LogP contribution in [0.2, 0.25) is 0 Å². The number of carbonyl (C=O) groups is 1. The number of nitrogen functional groups attached to an aromatic ring is 1. The molecule has 0 atom stereocenters. The fourth-order valence-corrected chi connectivity index (χ4v) is 2.64. The number of methoxy groups -OCH3 is 1. The number of aromatic nitrogens is 1. The molecule has 1 heterocycles. The number of hydrogen-bond acceptors (Lipinski definition) is 6. The number of ether oxygens (including phenoxy) is 1. The lowest BCUT2D eigenvalue weighted by Gasteiger charge is -2.12. The smallest absolute Gasteiger partial charge is 0.341 e. The Labute approximate surface area is 150 Å². The van der Waals surface area contributed by atoms with E-state index in [0.717, 1.165) is 5.56 Å². The minimum Gasteiger partial charge on any atom is -0.507 e. The van der Waals surface area contributed by atoms with E-state index in [1.165, 1.54) is 19.2 Å². The first-order chi connectivity index (χ1) is 12.5. The van der Waals surface area contributed by atoms with Gasteiger partial charge in [-0.25, -0.2) is 9.78 Å². The first kappa shape index (κ1) is 17.0. The molecule has 0 aliphatic carbocycles. The molecule has 26 heavy (non-hydrogen) atoms. The highest BCUT2D eigenvalue weighted by molar-refractivity contribution is 5.94. The number of hydrogen-bond donors (Lipinski definition) is 2. The predicted octanol–water partition coefficient (Wildman–Crippen LogP) is 3.36. The maximum atomic E-state index is 11.8. The Morgan fingerprint density at radius 1 is 1.15 bits per heavy atom. The molecule has 128 valence electrons. The van der Waals surface area contributed by atoms with E-state index in [1.54, 1.807) is 12.1 Å². The van der Waals surface area contributed by atoms with Crippen molar-refractivity contribution in [2.75, 3.05) is 12.8 Å². The molecule has 0 unspecified atom stereocenters. The van der Waals surface area contributed by atoms with Crippen LogP contribution in [0.3, 0.4) is 0 Å². The van der Waals surface area contributed by atoms with Crippen molar-refractivity contribution in [3.05, 3.63) is 65.7 Å². The SMILES string of the molecule is COC(=O)c1cc(-c2cc(-c3ccccc3)nc(N)c2C#N)ccc1O. The van der Waals surface area contributed by atoms with E-state index in [1.807, 2.05) is 30.3 Å². The summed E-state index contributed by atoms with van der Waals surface area (Å²) < 4.78 is 4.68. The molecule has 0 fully saturated rings. The maximum Gasteiger partial charge on any atom is 0.341 e. The Morgan fingerprint density at radius 2 is 1.88 bits per heavy atom. The van der Waals surface area contributed by atoms with Crippen molar-refractivity contribution in [2.45, 2.75) is 0 Å². The molecule has 1 aromatic heterocycles. The summed E-state index contributed by atoms with van der Waals surface area (Å²) >= 11 is 0. The van der Waals surface area contributed by atoms with E-state index in [-0.39, 0.29) is 22.7 Å². The molecule has 0 radical (unpaired) electrons. The second-order valence-electron chi connectivity index (χ2n) is 5.52. The zero-order valence-corrected chi connectivity index (χ0v) is 13.9. The lowest BCUT2D eigenvalue weighted by atomic mass is 9.96. The van der Waals surface area contributed by atoms with Gasteiger partial charge in [-0.3, -0.25) is 0 Å². The van der Waals surface area contributed by atoms with E-state index in [4.69, 9.17) is 5.73 Å². The minimum absolute atomic E-state index is 0.00512. The molecule has 0 saturated carbocycles. The Hall–Kier alpha value is -3.85. The van der Waals surface area contributed by atoms with E-state index in [2.05, 4.69) is 15.8 Å². The summed E-state index contributed by atoms with van der Waals surface area (Å²) in [7, 11) is 1.23. The van der Waals surface area contributed by atoms with Crippen LogP contribution in [-0.4, -0.2) is 23.2 Å². The van der Waals surface area contributed by atoms with Crippen molar-refractivity contribution in [2.24, 2.45) is 0 Å². The fourth-order valence-electron chi connectivity index (χ4n) is 2.64. The second-order valence-corrected chi connectivity index (χ2v) is 5.52. The van der Waals surface area contributed by atoms with Crippen LogP contribution in [0, 0.1) is 11.3 Å². The Balaban J connectivity index is 2.23. The highest BCUT2D eigenvalue weighted by atomic mass is 16.5. The van der Waals surface area contributed by atoms with Gasteiger partial charge in [0.2, 0.25) is 0 Å². The first-order valence-electron chi connectivity index (χ1n) is 7.73. The topological polar surface area (TPSA) is 109 Å². The number of phenolic OH excluding ortho intramolecular Hbond substituents is 1. The lowest BCUT2D eigenvalue weighted by Crippen LogP contribution is -2.03. The summed E-state index contributed by atoms with van der Waals surface area (Å²) in [6, 6.07) is 17.6. The van der Waals surface area contributed by atoms with Gasteiger partial charge >= 0.3 is 5.97 Å². The molecule has 3 rings (SSSR count). The molecule has 0 bridgehead atoms. The van der Waals surface area contributed by atoms with Crippen molar-refractivity contribution in [3.63, 3.8) is 0 Å². The third-order valence-corrected chi connectivity index (χ3v) is 3.94. The monoisotopic (exact) mass is 345 g/mol. The highest BCUT2D eigenvalue weighted by Crippen LogP contribution is 2.33. The maximum absolute atomic E-state index is 11.8. The number of rotatable bonds is 3. The van der Waals surface area contributed by atoms with Crippen LogP contribution in [0.4, 0.5) is 5.82 Å². The van der Waals surface area contributed by atoms with Gasteiger partial charge in [0.25, 0.3) is 0 Å². The van der Waals surface area contributed by atoms with Crippen molar-refractivity contribution in [1.82, 2.24) is 4.98 Å². The van der Waals surface area contributed by atoms with Crippen molar-refractivity contribution >= 4 is 11.8 Å². The summed E-state index contributed by atoms with van der Waals surface area (Å²) in [5, 5.41) is 19.4. The summed E-state index contributed by atoms with van der Waals surface area (Å²) in [4.78, 5) is 16.1. The number of pyridine rings is 1. The third-order valence-electron chi connectivity index (χ3n) is 3.94. The van der Waals surface area contributed by atoms with Crippen LogP contribution in [0.15, 0.2) is 54.6 Å². The summed E-state index contributed by atoms with van der Waals surface area (Å²) in [5.74, 6) is -0.783. The van der Waals surface area contributed by atoms with Crippen molar-refractivity contribution < 1.29 is 14.6 Å². The molecular formula is C20H15N3O3. The van der Waals surface area contributed by atoms with Crippen LogP contribution >= 0.6 is 0 Å². The number of aromatic hydroxyl groups is 1. The third kappa shape index (κ3) is 3.06. The fraction of sp³-hybridized carbons (Fsp3) is 0.0500. The number of nitrogens with two attached hydrogens (primary N) is 1. The number of nitrogens with zero attached hydrogens (tertiary/aromatic N) is 2. The quantitative estimate of drug-likeness (QED) is 0.704. The van der Waals surface area contributed by atoms with Gasteiger partial charge in [-0.1, -0.05) is 36.4 Å². The van der Waals surface area contributed by atoms with Gasteiger partial charge in [-0.2, -0.15) is 5.26 Å². The second kappa shape index (κ2) is 6.95. The Morgan fingerprint density at radius 3 is 2.54 bits per heavy atom. The van der Waals surface area contributed by atoms with E-state index in [0.29, 0.717) is 16.8 Å². The van der Waals surface area contributed by atoms with Gasteiger partial charge in [-0.05, 0) is 23.8 Å². The average Bonchev–Trinajstić information content (AvgIpc) is 2.68. The molecule has 3 N–H and O–H groups in total. The number of esters is 1.